The molecule has 2 fully saturated rings. The van der Waals surface area contributed by atoms with Crippen LogP contribution in [-0.4, -0.2) is 57.0 Å². The van der Waals surface area contributed by atoms with E-state index in [1.807, 2.05) is 30.3 Å². The number of pyridine rings is 1. The van der Waals surface area contributed by atoms with Crippen molar-refractivity contribution in [1.82, 2.24) is 14.3 Å². The number of carbonyl (C=O) groups is 1. The minimum atomic E-state index is -3.18. The number of sulfone groups is 1. The number of benzene rings is 1. The largest absolute Gasteiger partial charge is 0.369 e. The van der Waals surface area contributed by atoms with Gasteiger partial charge in [-0.15, -0.1) is 0 Å². The van der Waals surface area contributed by atoms with Gasteiger partial charge in [0.2, 0.25) is 0 Å². The zero-order valence-corrected chi connectivity index (χ0v) is 21.0. The number of rotatable bonds is 6. The molecule has 0 spiro atoms. The molecule has 0 saturated carbocycles. The Morgan fingerprint density at radius 2 is 1.91 bits per heavy atom. The zero-order valence-electron chi connectivity index (χ0n) is 18.6. The topological polar surface area (TPSA) is 101 Å². The first-order chi connectivity index (χ1) is 16.8. The van der Waals surface area contributed by atoms with Crippen molar-refractivity contribution in [3.8, 4) is 0 Å². The average molecular weight is 527 g/mol. The molecule has 1 amide bonds. The van der Waals surface area contributed by atoms with Gasteiger partial charge in [0.15, 0.2) is 9.84 Å². The van der Waals surface area contributed by atoms with Crippen LogP contribution in [0.5, 0.6) is 0 Å². The number of anilines is 1. The lowest BCUT2D eigenvalue weighted by Gasteiger charge is -2.20. The van der Waals surface area contributed by atoms with Crippen LogP contribution in [0.2, 0.25) is 0 Å². The van der Waals surface area contributed by atoms with E-state index in [1.165, 1.54) is 15.4 Å². The van der Waals surface area contributed by atoms with Crippen molar-refractivity contribution >= 4 is 61.6 Å². The van der Waals surface area contributed by atoms with Gasteiger partial charge in [0.25, 0.3) is 11.5 Å². The van der Waals surface area contributed by atoms with Crippen LogP contribution in [0.15, 0.2) is 64.4 Å². The molecule has 8 nitrogen and oxygen atoms in total. The van der Waals surface area contributed by atoms with Crippen LogP contribution in [0, 0.1) is 0 Å². The predicted molar refractivity (Wildman–Crippen MR) is 142 cm³/mol. The highest BCUT2D eigenvalue weighted by atomic mass is 32.2. The van der Waals surface area contributed by atoms with Crippen LogP contribution >= 0.6 is 24.0 Å². The van der Waals surface area contributed by atoms with Crippen LogP contribution in [-0.2, 0) is 21.1 Å². The summed E-state index contributed by atoms with van der Waals surface area (Å²) < 4.78 is 25.6. The lowest BCUT2D eigenvalue weighted by Crippen LogP contribution is -2.39. The molecule has 35 heavy (non-hydrogen) atoms. The summed E-state index contributed by atoms with van der Waals surface area (Å²) >= 11 is 6.48. The molecular weight excluding hydrogens is 504 g/mol. The van der Waals surface area contributed by atoms with Crippen molar-refractivity contribution in [2.75, 3.05) is 23.4 Å². The molecule has 1 unspecified atom stereocenters. The first-order valence-electron chi connectivity index (χ1n) is 11.1. The second-order valence-electron chi connectivity index (χ2n) is 8.38. The van der Waals surface area contributed by atoms with E-state index >= 15 is 0 Å². The van der Waals surface area contributed by atoms with E-state index in [1.54, 1.807) is 24.4 Å². The molecule has 0 bridgehead atoms. The van der Waals surface area contributed by atoms with Gasteiger partial charge in [-0.05, 0) is 36.6 Å². The maximum absolute atomic E-state index is 13.4. The number of carbonyl (C=O) groups excluding carboxylic acids is 1. The Morgan fingerprint density at radius 3 is 2.66 bits per heavy atom. The van der Waals surface area contributed by atoms with Gasteiger partial charge in [-0.25, -0.2) is 13.4 Å². The van der Waals surface area contributed by atoms with Gasteiger partial charge >= 0.3 is 0 Å². The highest BCUT2D eigenvalue weighted by molar-refractivity contribution is 8.26. The monoisotopic (exact) mass is 526 g/mol. The van der Waals surface area contributed by atoms with Crippen molar-refractivity contribution in [2.45, 2.75) is 18.9 Å². The standard InChI is InChI=1S/C24H22N4O4S3/c29-22-18(14-19-23(30)28(24(33)34-19)17-10-13-35(31,32)15-17)21(26-20-8-4-5-12-27(20)22)25-11-9-16-6-2-1-3-7-16/h1-8,12,14,17,25H,9-11,13,15H2. The van der Waals surface area contributed by atoms with Gasteiger partial charge in [-0.3, -0.25) is 18.9 Å². The first kappa shape index (κ1) is 23.7. The summed E-state index contributed by atoms with van der Waals surface area (Å²) in [5.41, 5.74) is 1.57. The number of aromatic nitrogens is 2. The minimum absolute atomic E-state index is 0.0409. The summed E-state index contributed by atoms with van der Waals surface area (Å²) in [6.45, 7) is 0.543. The third-order valence-corrected chi connectivity index (χ3v) is 9.07. The Kier molecular flexibility index (Phi) is 6.47. The summed E-state index contributed by atoms with van der Waals surface area (Å²) in [5, 5.41) is 3.26. The lowest BCUT2D eigenvalue weighted by molar-refractivity contribution is -0.123. The number of thiocarbonyl (C=S) groups is 1. The minimum Gasteiger partial charge on any atom is -0.369 e. The second-order valence-corrected chi connectivity index (χ2v) is 12.3. The molecule has 0 radical (unpaired) electrons. The number of fused-ring (bicyclic) bond motifs is 1. The Hall–Kier alpha value is -3.02. The third kappa shape index (κ3) is 4.89. The molecule has 3 aromatic rings. The molecule has 1 atom stereocenters. The first-order valence-corrected chi connectivity index (χ1v) is 14.1. The quantitative estimate of drug-likeness (QED) is 0.387. The van der Waals surface area contributed by atoms with Crippen molar-refractivity contribution in [1.29, 1.82) is 0 Å². The number of hydrogen-bond donors (Lipinski definition) is 1. The van der Waals surface area contributed by atoms with E-state index in [2.05, 4.69) is 10.3 Å². The molecule has 2 aromatic heterocycles. The lowest BCUT2D eigenvalue weighted by atomic mass is 10.1. The summed E-state index contributed by atoms with van der Waals surface area (Å²) in [6.07, 6.45) is 4.23. The second kappa shape index (κ2) is 9.56. The van der Waals surface area contributed by atoms with Crippen LogP contribution < -0.4 is 10.9 Å². The molecule has 5 rings (SSSR count). The SMILES string of the molecule is O=C1C(=Cc2c(NCCc3ccccc3)nc3ccccn3c2=O)SC(=S)N1C1CCS(=O)(=O)C1. The molecule has 180 valence electrons. The maximum atomic E-state index is 13.4. The molecular formula is C24H22N4O4S3. The number of hydrogen-bond acceptors (Lipinski definition) is 8. The fourth-order valence-electron chi connectivity index (χ4n) is 4.24. The van der Waals surface area contributed by atoms with Gasteiger partial charge in [-0.2, -0.15) is 0 Å². The fraction of sp³-hybridized carbons (Fsp3) is 0.250. The zero-order chi connectivity index (χ0) is 24.6. The van der Waals surface area contributed by atoms with Gasteiger partial charge in [0, 0.05) is 12.7 Å². The van der Waals surface area contributed by atoms with Crippen molar-refractivity contribution in [3.05, 3.63) is 81.1 Å². The highest BCUT2D eigenvalue weighted by Crippen LogP contribution is 2.36. The average Bonchev–Trinajstić information content (AvgIpc) is 3.33. The van der Waals surface area contributed by atoms with E-state index in [0.29, 0.717) is 28.8 Å². The van der Waals surface area contributed by atoms with Crippen LogP contribution in [0.1, 0.15) is 17.5 Å². The number of amides is 1. The van der Waals surface area contributed by atoms with Crippen LogP contribution in [0.25, 0.3) is 11.7 Å². The van der Waals surface area contributed by atoms with Crippen LogP contribution in [0.4, 0.5) is 5.82 Å². The summed E-state index contributed by atoms with van der Waals surface area (Å²) in [7, 11) is -3.18. The van der Waals surface area contributed by atoms with Crippen LogP contribution in [0.3, 0.4) is 0 Å². The van der Waals surface area contributed by atoms with Crippen molar-refractivity contribution < 1.29 is 13.2 Å². The molecule has 1 N–H and O–H groups in total. The molecule has 2 saturated heterocycles. The van der Waals surface area contributed by atoms with E-state index < -0.39 is 15.9 Å². The summed E-state index contributed by atoms with van der Waals surface area (Å²) in [5.74, 6) is -0.0565. The van der Waals surface area contributed by atoms with E-state index in [4.69, 9.17) is 12.2 Å². The maximum Gasteiger partial charge on any atom is 0.267 e. The Balaban J connectivity index is 1.48. The Morgan fingerprint density at radius 1 is 1.14 bits per heavy atom. The summed E-state index contributed by atoms with van der Waals surface area (Å²) in [4.78, 5) is 32.9. The Bertz CT molecular complexity index is 1520. The van der Waals surface area contributed by atoms with Crippen molar-refractivity contribution in [3.63, 3.8) is 0 Å². The molecule has 1 aromatic carbocycles. The third-order valence-electron chi connectivity index (χ3n) is 5.99. The number of nitrogens with one attached hydrogen (secondary N) is 1. The molecule has 4 heterocycles. The van der Waals surface area contributed by atoms with Gasteiger partial charge in [-0.1, -0.05) is 60.4 Å². The van der Waals surface area contributed by atoms with E-state index in [9.17, 15) is 18.0 Å². The predicted octanol–water partition coefficient (Wildman–Crippen LogP) is 2.74. The molecule has 11 heteroatoms. The molecule has 0 aliphatic carbocycles. The van der Waals surface area contributed by atoms with E-state index in [0.717, 1.165) is 23.7 Å². The Labute approximate surface area is 212 Å². The van der Waals surface area contributed by atoms with Gasteiger partial charge < -0.3 is 5.32 Å². The molecule has 2 aliphatic rings. The number of thioether (sulfide) groups is 1. The number of nitrogens with zero attached hydrogens (tertiary/aromatic N) is 3. The normalized spacial score (nSPS) is 20.7. The van der Waals surface area contributed by atoms with Gasteiger partial charge in [0.1, 0.15) is 15.8 Å². The highest BCUT2D eigenvalue weighted by Gasteiger charge is 2.42. The smallest absolute Gasteiger partial charge is 0.267 e. The fourth-order valence-corrected chi connectivity index (χ4v) is 7.32. The van der Waals surface area contributed by atoms with Crippen molar-refractivity contribution in [2.24, 2.45) is 0 Å². The molecule has 2 aliphatic heterocycles. The summed E-state index contributed by atoms with van der Waals surface area (Å²) in [6, 6.07) is 14.8. The van der Waals surface area contributed by atoms with Gasteiger partial charge in [0.05, 0.1) is 28.0 Å². The van der Waals surface area contributed by atoms with E-state index in [-0.39, 0.29) is 33.4 Å².